The minimum atomic E-state index is -0.418. The Bertz CT molecular complexity index is 1060. The molecular weight excluding hydrogens is 384 g/mol. The van der Waals surface area contributed by atoms with Crippen LogP contribution in [0, 0.1) is 0 Å². The number of carbonyl (C=O) groups excluding carboxylic acids is 1. The van der Waals surface area contributed by atoms with Crippen LogP contribution in [0.1, 0.15) is 6.42 Å². The second kappa shape index (κ2) is 9.93. The van der Waals surface area contributed by atoms with Crippen molar-refractivity contribution in [2.75, 3.05) is 40.9 Å². The summed E-state index contributed by atoms with van der Waals surface area (Å²) in [6.07, 6.45) is 0.883. The van der Waals surface area contributed by atoms with Crippen LogP contribution in [0.2, 0.25) is 0 Å². The summed E-state index contributed by atoms with van der Waals surface area (Å²) in [5, 5.41) is 3.60. The molecule has 1 N–H and O–H groups in total. The van der Waals surface area contributed by atoms with Gasteiger partial charge in [0.2, 0.25) is 0 Å². The average Bonchev–Trinajstić information content (AvgIpc) is 2.75. The molecular formula is C23H26N2O5. The van der Waals surface area contributed by atoms with Crippen molar-refractivity contribution in [3.05, 3.63) is 59.0 Å². The fourth-order valence-electron chi connectivity index (χ4n) is 2.98. The number of methoxy groups -OCH3 is 1. The van der Waals surface area contributed by atoms with Gasteiger partial charge in [-0.15, -0.1) is 0 Å². The van der Waals surface area contributed by atoms with Crippen molar-refractivity contribution >= 4 is 16.9 Å². The molecule has 0 saturated heterocycles. The standard InChI is InChI=1S/C23H26N2O5/c1-25(2)12-4-11-24-22(26)15-29-18-7-5-16(6-8-18)20-14-17-13-19(28-3)9-10-21(17)30-23(20)27/h5-10,13-14H,4,11-12,15H2,1-3H3,(H,24,26). The molecule has 158 valence electrons. The van der Waals surface area contributed by atoms with Crippen molar-refractivity contribution in [3.8, 4) is 22.6 Å². The van der Waals surface area contributed by atoms with Gasteiger partial charge < -0.3 is 24.1 Å². The Kier molecular flexibility index (Phi) is 7.08. The lowest BCUT2D eigenvalue weighted by atomic mass is 10.1. The second-order valence-electron chi connectivity index (χ2n) is 7.17. The van der Waals surface area contributed by atoms with Crippen molar-refractivity contribution in [1.29, 1.82) is 0 Å². The summed E-state index contributed by atoms with van der Waals surface area (Å²) >= 11 is 0. The minimum absolute atomic E-state index is 0.0563. The fourth-order valence-corrected chi connectivity index (χ4v) is 2.98. The van der Waals surface area contributed by atoms with Crippen LogP contribution in [0.4, 0.5) is 0 Å². The van der Waals surface area contributed by atoms with E-state index in [0.717, 1.165) is 18.4 Å². The molecule has 30 heavy (non-hydrogen) atoms. The van der Waals surface area contributed by atoms with Crippen molar-refractivity contribution < 1.29 is 18.7 Å². The molecule has 0 bridgehead atoms. The summed E-state index contributed by atoms with van der Waals surface area (Å²) in [5.74, 6) is 1.07. The van der Waals surface area contributed by atoms with Crippen LogP contribution in [0.25, 0.3) is 22.1 Å². The van der Waals surface area contributed by atoms with Gasteiger partial charge in [-0.05, 0) is 69.0 Å². The molecule has 0 aliphatic heterocycles. The Hall–Kier alpha value is -3.32. The number of fused-ring (bicyclic) bond motifs is 1. The zero-order valence-corrected chi connectivity index (χ0v) is 17.4. The quantitative estimate of drug-likeness (QED) is 0.432. The van der Waals surface area contributed by atoms with E-state index in [9.17, 15) is 9.59 Å². The van der Waals surface area contributed by atoms with Gasteiger partial charge in [0.1, 0.15) is 17.1 Å². The zero-order chi connectivity index (χ0) is 21.5. The molecule has 0 atom stereocenters. The molecule has 0 saturated carbocycles. The van der Waals surface area contributed by atoms with Crippen LogP contribution < -0.4 is 20.4 Å². The van der Waals surface area contributed by atoms with Gasteiger partial charge in [0.15, 0.2) is 6.61 Å². The maximum Gasteiger partial charge on any atom is 0.344 e. The summed E-state index contributed by atoms with van der Waals surface area (Å²) in [6.45, 7) is 1.47. The minimum Gasteiger partial charge on any atom is -0.497 e. The Morgan fingerprint density at radius 3 is 2.50 bits per heavy atom. The molecule has 0 spiro atoms. The van der Waals surface area contributed by atoms with Crippen LogP contribution in [0.5, 0.6) is 11.5 Å². The first kappa shape index (κ1) is 21.4. The third-order valence-corrected chi connectivity index (χ3v) is 4.58. The number of nitrogens with one attached hydrogen (secondary N) is 1. The first-order valence-electron chi connectivity index (χ1n) is 9.73. The highest BCUT2D eigenvalue weighted by atomic mass is 16.5. The van der Waals surface area contributed by atoms with E-state index in [2.05, 4.69) is 10.2 Å². The third kappa shape index (κ3) is 5.61. The van der Waals surface area contributed by atoms with E-state index in [1.165, 1.54) is 0 Å². The van der Waals surface area contributed by atoms with E-state index < -0.39 is 5.63 Å². The summed E-state index contributed by atoms with van der Waals surface area (Å²) in [7, 11) is 5.57. The fraction of sp³-hybridized carbons (Fsp3) is 0.304. The SMILES string of the molecule is COc1ccc2oc(=O)c(-c3ccc(OCC(=O)NCCCN(C)C)cc3)cc2c1. The van der Waals surface area contributed by atoms with Gasteiger partial charge in [-0.25, -0.2) is 4.79 Å². The predicted octanol–water partition coefficient (Wildman–Crippen LogP) is 2.92. The van der Waals surface area contributed by atoms with Crippen LogP contribution in [0.3, 0.4) is 0 Å². The smallest absolute Gasteiger partial charge is 0.344 e. The van der Waals surface area contributed by atoms with Gasteiger partial charge in [-0.1, -0.05) is 12.1 Å². The Balaban J connectivity index is 1.63. The summed E-state index contributed by atoms with van der Waals surface area (Å²) in [6, 6.07) is 14.0. The van der Waals surface area contributed by atoms with E-state index in [1.54, 1.807) is 49.6 Å². The lowest BCUT2D eigenvalue weighted by Crippen LogP contribution is -2.31. The molecule has 1 aromatic heterocycles. The summed E-state index contributed by atoms with van der Waals surface area (Å²) in [5.41, 5.74) is 1.23. The molecule has 2 aromatic carbocycles. The number of ether oxygens (including phenoxy) is 2. The number of nitrogens with zero attached hydrogens (tertiary/aromatic N) is 1. The molecule has 0 aliphatic rings. The predicted molar refractivity (Wildman–Crippen MR) is 116 cm³/mol. The lowest BCUT2D eigenvalue weighted by Gasteiger charge is -2.10. The third-order valence-electron chi connectivity index (χ3n) is 4.58. The van der Waals surface area contributed by atoms with E-state index in [0.29, 0.717) is 34.8 Å². The van der Waals surface area contributed by atoms with Gasteiger partial charge in [0, 0.05) is 11.9 Å². The van der Waals surface area contributed by atoms with E-state index in [4.69, 9.17) is 13.9 Å². The normalized spacial score (nSPS) is 10.9. The Labute approximate surface area is 175 Å². The van der Waals surface area contributed by atoms with Crippen molar-refractivity contribution in [2.45, 2.75) is 6.42 Å². The zero-order valence-electron chi connectivity index (χ0n) is 17.4. The molecule has 0 unspecified atom stereocenters. The van der Waals surface area contributed by atoms with Crippen molar-refractivity contribution in [2.24, 2.45) is 0 Å². The van der Waals surface area contributed by atoms with Crippen molar-refractivity contribution in [3.63, 3.8) is 0 Å². The Morgan fingerprint density at radius 2 is 1.80 bits per heavy atom. The maximum atomic E-state index is 12.4. The largest absolute Gasteiger partial charge is 0.497 e. The van der Waals surface area contributed by atoms with Gasteiger partial charge in [-0.3, -0.25) is 4.79 Å². The maximum absolute atomic E-state index is 12.4. The highest BCUT2D eigenvalue weighted by Gasteiger charge is 2.09. The van der Waals surface area contributed by atoms with Gasteiger partial charge in [-0.2, -0.15) is 0 Å². The highest BCUT2D eigenvalue weighted by molar-refractivity contribution is 5.83. The topological polar surface area (TPSA) is 81.0 Å². The number of rotatable bonds is 9. The number of benzene rings is 2. The molecule has 3 rings (SSSR count). The van der Waals surface area contributed by atoms with Crippen LogP contribution in [-0.2, 0) is 4.79 Å². The van der Waals surface area contributed by atoms with Crippen molar-refractivity contribution in [1.82, 2.24) is 10.2 Å². The molecule has 7 nitrogen and oxygen atoms in total. The summed E-state index contributed by atoms with van der Waals surface area (Å²) in [4.78, 5) is 26.3. The number of hydrogen-bond acceptors (Lipinski definition) is 6. The molecule has 1 amide bonds. The number of amides is 1. The number of carbonyl (C=O) groups is 1. The first-order chi connectivity index (χ1) is 14.5. The van der Waals surface area contributed by atoms with Gasteiger partial charge in [0.25, 0.3) is 5.91 Å². The lowest BCUT2D eigenvalue weighted by molar-refractivity contribution is -0.123. The molecule has 3 aromatic rings. The van der Waals surface area contributed by atoms with Crippen LogP contribution in [0.15, 0.2) is 57.7 Å². The van der Waals surface area contributed by atoms with Gasteiger partial charge >= 0.3 is 5.63 Å². The Morgan fingerprint density at radius 1 is 1.07 bits per heavy atom. The van der Waals surface area contributed by atoms with E-state index in [-0.39, 0.29) is 12.5 Å². The molecule has 7 heteroatoms. The second-order valence-corrected chi connectivity index (χ2v) is 7.17. The highest BCUT2D eigenvalue weighted by Crippen LogP contribution is 2.25. The molecule has 1 heterocycles. The van der Waals surface area contributed by atoms with E-state index >= 15 is 0 Å². The van der Waals surface area contributed by atoms with Gasteiger partial charge in [0.05, 0.1) is 12.7 Å². The molecule has 0 aliphatic carbocycles. The molecule has 0 fully saturated rings. The monoisotopic (exact) mass is 410 g/mol. The van der Waals surface area contributed by atoms with Crippen LogP contribution >= 0.6 is 0 Å². The molecule has 0 radical (unpaired) electrons. The average molecular weight is 410 g/mol. The van der Waals surface area contributed by atoms with E-state index in [1.807, 2.05) is 20.2 Å². The first-order valence-corrected chi connectivity index (χ1v) is 9.73. The number of hydrogen-bond donors (Lipinski definition) is 1. The van der Waals surface area contributed by atoms with Crippen LogP contribution in [-0.4, -0.2) is 51.7 Å². The summed E-state index contributed by atoms with van der Waals surface area (Å²) < 4.78 is 16.2.